The molecule has 4 nitrogen and oxygen atoms in total. The van der Waals surface area contributed by atoms with Crippen molar-refractivity contribution in [3.05, 3.63) is 24.0 Å². The first-order valence-corrected chi connectivity index (χ1v) is 8.27. The average molecular weight is 293 g/mol. The van der Waals surface area contributed by atoms with E-state index in [2.05, 4.69) is 17.3 Å². The van der Waals surface area contributed by atoms with Gasteiger partial charge < -0.3 is 4.74 Å². The molecule has 1 unspecified atom stereocenters. The van der Waals surface area contributed by atoms with E-state index in [9.17, 15) is 0 Å². The normalized spacial score (nSPS) is 12.3. The highest BCUT2D eigenvalue weighted by atomic mass is 16.5. The molecule has 21 heavy (non-hydrogen) atoms. The predicted molar refractivity (Wildman–Crippen MR) is 88.1 cm³/mol. The second-order valence-electron chi connectivity index (χ2n) is 5.60. The molecule has 0 saturated heterocycles. The van der Waals surface area contributed by atoms with Crippen LogP contribution < -0.4 is 16.0 Å². The van der Waals surface area contributed by atoms with E-state index in [0.29, 0.717) is 0 Å². The van der Waals surface area contributed by atoms with E-state index in [1.165, 1.54) is 51.4 Å². The molecule has 0 aliphatic carbocycles. The summed E-state index contributed by atoms with van der Waals surface area (Å²) in [5.41, 5.74) is 4.00. The van der Waals surface area contributed by atoms with E-state index >= 15 is 0 Å². The number of nitrogens with zero attached hydrogens (tertiary/aromatic N) is 1. The van der Waals surface area contributed by atoms with Gasteiger partial charge >= 0.3 is 0 Å². The van der Waals surface area contributed by atoms with Gasteiger partial charge in [0.25, 0.3) is 0 Å². The Morgan fingerprint density at radius 2 is 1.81 bits per heavy atom. The van der Waals surface area contributed by atoms with Crippen LogP contribution in [0.5, 0.6) is 5.75 Å². The second kappa shape index (κ2) is 11.5. The fraction of sp³-hybridized carbons (Fsp3) is 0.706. The maximum atomic E-state index is 5.70. The summed E-state index contributed by atoms with van der Waals surface area (Å²) in [7, 11) is 1.67. The molecule has 1 aromatic rings. The summed E-state index contributed by atoms with van der Waals surface area (Å²) in [6.07, 6.45) is 15.2. The van der Waals surface area contributed by atoms with Crippen molar-refractivity contribution < 1.29 is 4.74 Å². The Balaban J connectivity index is 2.25. The van der Waals surface area contributed by atoms with Crippen molar-refractivity contribution in [1.29, 1.82) is 0 Å². The summed E-state index contributed by atoms with van der Waals surface area (Å²) in [6, 6.07) is 2.12. The lowest BCUT2D eigenvalue weighted by Gasteiger charge is -2.18. The molecule has 0 saturated carbocycles. The van der Waals surface area contributed by atoms with Crippen LogP contribution in [0.15, 0.2) is 18.5 Å². The minimum absolute atomic E-state index is 0.142. The number of nitrogens with one attached hydrogen (secondary N) is 1. The third kappa shape index (κ3) is 6.91. The third-order valence-corrected chi connectivity index (χ3v) is 3.96. The van der Waals surface area contributed by atoms with Crippen LogP contribution in [0.1, 0.15) is 76.3 Å². The number of methoxy groups -OCH3 is 1. The highest BCUT2D eigenvalue weighted by Gasteiger charge is 2.14. The van der Waals surface area contributed by atoms with E-state index in [1.54, 1.807) is 19.5 Å². The fourth-order valence-electron chi connectivity index (χ4n) is 2.66. The maximum Gasteiger partial charge on any atom is 0.141 e. The smallest absolute Gasteiger partial charge is 0.141 e. The van der Waals surface area contributed by atoms with E-state index in [0.717, 1.165) is 17.7 Å². The summed E-state index contributed by atoms with van der Waals surface area (Å²) in [4.78, 5) is 4.08. The third-order valence-electron chi connectivity index (χ3n) is 3.96. The minimum atomic E-state index is 0.142. The summed E-state index contributed by atoms with van der Waals surface area (Å²) < 4.78 is 5.35. The Morgan fingerprint density at radius 3 is 2.43 bits per heavy atom. The van der Waals surface area contributed by atoms with Gasteiger partial charge in [-0.3, -0.25) is 16.3 Å². The fourth-order valence-corrected chi connectivity index (χ4v) is 2.66. The Labute approximate surface area is 129 Å². The molecule has 1 rings (SSSR count). The maximum absolute atomic E-state index is 5.70. The van der Waals surface area contributed by atoms with Gasteiger partial charge in [0, 0.05) is 17.8 Å². The summed E-state index contributed by atoms with van der Waals surface area (Å²) in [6.45, 7) is 2.26. The quantitative estimate of drug-likeness (QED) is 0.346. The zero-order valence-electron chi connectivity index (χ0n) is 13.6. The molecular formula is C17H31N3O. The second-order valence-corrected chi connectivity index (χ2v) is 5.60. The number of aromatic nitrogens is 1. The SMILES string of the molecule is CCCCCCCCCCC(NN)c1ccncc1OC. The van der Waals surface area contributed by atoms with Crippen molar-refractivity contribution in [2.45, 2.75) is 70.8 Å². The van der Waals surface area contributed by atoms with Crippen molar-refractivity contribution in [2.24, 2.45) is 5.84 Å². The van der Waals surface area contributed by atoms with Crippen molar-refractivity contribution in [3.8, 4) is 5.75 Å². The molecule has 120 valence electrons. The van der Waals surface area contributed by atoms with Crippen LogP contribution in [0.4, 0.5) is 0 Å². The highest BCUT2D eigenvalue weighted by Crippen LogP contribution is 2.27. The molecule has 1 atom stereocenters. The number of hydrogen-bond donors (Lipinski definition) is 2. The number of hydrogen-bond acceptors (Lipinski definition) is 4. The molecular weight excluding hydrogens is 262 g/mol. The molecule has 0 radical (unpaired) electrons. The van der Waals surface area contributed by atoms with Crippen LogP contribution in [-0.4, -0.2) is 12.1 Å². The first kappa shape index (κ1) is 17.9. The lowest BCUT2D eigenvalue weighted by atomic mass is 10.00. The molecule has 0 fully saturated rings. The summed E-state index contributed by atoms with van der Waals surface area (Å²) >= 11 is 0. The first-order valence-electron chi connectivity index (χ1n) is 8.27. The van der Waals surface area contributed by atoms with Crippen LogP contribution >= 0.6 is 0 Å². The van der Waals surface area contributed by atoms with Gasteiger partial charge in [-0.05, 0) is 12.5 Å². The molecule has 0 spiro atoms. The molecule has 0 amide bonds. The molecule has 0 aliphatic rings. The Bertz CT molecular complexity index is 371. The lowest BCUT2D eigenvalue weighted by molar-refractivity contribution is 0.390. The van der Waals surface area contributed by atoms with Crippen molar-refractivity contribution in [3.63, 3.8) is 0 Å². The number of pyridine rings is 1. The zero-order chi connectivity index (χ0) is 15.3. The minimum Gasteiger partial charge on any atom is -0.495 e. The Morgan fingerprint density at radius 1 is 1.14 bits per heavy atom. The van der Waals surface area contributed by atoms with E-state index < -0.39 is 0 Å². The van der Waals surface area contributed by atoms with Gasteiger partial charge in [-0.15, -0.1) is 0 Å². The number of rotatable bonds is 12. The van der Waals surface area contributed by atoms with Gasteiger partial charge in [0.1, 0.15) is 5.75 Å². The molecule has 1 heterocycles. The van der Waals surface area contributed by atoms with E-state index in [4.69, 9.17) is 10.6 Å². The summed E-state index contributed by atoms with van der Waals surface area (Å²) in [5.74, 6) is 6.50. The zero-order valence-corrected chi connectivity index (χ0v) is 13.6. The largest absolute Gasteiger partial charge is 0.495 e. The van der Waals surface area contributed by atoms with Gasteiger partial charge in [0.2, 0.25) is 0 Å². The molecule has 3 N–H and O–H groups in total. The molecule has 1 aromatic heterocycles. The number of hydrazine groups is 1. The monoisotopic (exact) mass is 293 g/mol. The highest BCUT2D eigenvalue weighted by molar-refractivity contribution is 5.32. The Kier molecular flexibility index (Phi) is 9.83. The standard InChI is InChI=1S/C17H31N3O/c1-3-4-5-6-7-8-9-10-11-16(20-18)15-12-13-19-14-17(15)21-2/h12-14,16,20H,3-11,18H2,1-2H3. The number of unbranched alkanes of at least 4 members (excludes halogenated alkanes) is 7. The van der Waals surface area contributed by atoms with Gasteiger partial charge in [0.15, 0.2) is 0 Å². The van der Waals surface area contributed by atoms with Crippen molar-refractivity contribution in [1.82, 2.24) is 10.4 Å². The summed E-state index contributed by atoms with van der Waals surface area (Å²) in [5, 5.41) is 0. The molecule has 4 heteroatoms. The van der Waals surface area contributed by atoms with E-state index in [1.807, 2.05) is 6.07 Å². The van der Waals surface area contributed by atoms with E-state index in [-0.39, 0.29) is 6.04 Å². The lowest BCUT2D eigenvalue weighted by Crippen LogP contribution is -2.28. The van der Waals surface area contributed by atoms with Crippen LogP contribution in [0.25, 0.3) is 0 Å². The van der Waals surface area contributed by atoms with Gasteiger partial charge in [-0.25, -0.2) is 0 Å². The van der Waals surface area contributed by atoms with Crippen LogP contribution in [0.3, 0.4) is 0 Å². The number of ether oxygens (including phenoxy) is 1. The average Bonchev–Trinajstić information content (AvgIpc) is 2.53. The molecule has 0 bridgehead atoms. The van der Waals surface area contributed by atoms with Crippen molar-refractivity contribution in [2.75, 3.05) is 7.11 Å². The Hall–Kier alpha value is -1.13. The predicted octanol–water partition coefficient (Wildman–Crippen LogP) is 4.13. The first-order chi connectivity index (χ1) is 10.3. The van der Waals surface area contributed by atoms with Crippen LogP contribution in [-0.2, 0) is 0 Å². The van der Waals surface area contributed by atoms with Crippen LogP contribution in [0, 0.1) is 0 Å². The molecule has 0 aliphatic heterocycles. The van der Waals surface area contributed by atoms with Gasteiger partial charge in [-0.2, -0.15) is 0 Å². The topological polar surface area (TPSA) is 60.2 Å². The van der Waals surface area contributed by atoms with Gasteiger partial charge in [0.05, 0.1) is 13.3 Å². The van der Waals surface area contributed by atoms with Crippen molar-refractivity contribution >= 4 is 0 Å². The molecule has 0 aromatic carbocycles. The van der Waals surface area contributed by atoms with Crippen LogP contribution in [0.2, 0.25) is 0 Å². The number of nitrogens with two attached hydrogens (primary N) is 1. The van der Waals surface area contributed by atoms with Gasteiger partial charge in [-0.1, -0.05) is 58.3 Å².